The quantitative estimate of drug-likeness (QED) is 0.190. The van der Waals surface area contributed by atoms with Gasteiger partial charge in [-0.15, -0.1) is 0 Å². The summed E-state index contributed by atoms with van der Waals surface area (Å²) < 4.78 is 11.7. The molecule has 0 aliphatic carbocycles. The molecule has 6 nitrogen and oxygen atoms in total. The number of benzene rings is 2. The molecule has 2 aromatic carbocycles. The van der Waals surface area contributed by atoms with Crippen LogP contribution in [0.25, 0.3) is 21.9 Å². The summed E-state index contributed by atoms with van der Waals surface area (Å²) in [6, 6.07) is 17.6. The van der Waals surface area contributed by atoms with Gasteiger partial charge in [0, 0.05) is 41.2 Å². The number of hydrogen-bond acceptors (Lipinski definition) is 5. The van der Waals surface area contributed by atoms with Crippen LogP contribution >= 0.6 is 0 Å². The highest BCUT2D eigenvalue weighted by Crippen LogP contribution is 2.32. The van der Waals surface area contributed by atoms with Gasteiger partial charge < -0.3 is 19.3 Å². The van der Waals surface area contributed by atoms with Crippen molar-refractivity contribution in [3.05, 3.63) is 66.4 Å². The Bertz CT molecular complexity index is 1160. The molecular formula is C21H17N3O3. The van der Waals surface area contributed by atoms with Gasteiger partial charge >= 0.3 is 0 Å². The second kappa shape index (κ2) is 6.02. The Morgan fingerprint density at radius 3 is 2.70 bits per heavy atom. The average Bonchev–Trinajstić information content (AvgIpc) is 3.29. The third-order valence-corrected chi connectivity index (χ3v) is 4.79. The van der Waals surface area contributed by atoms with Crippen molar-refractivity contribution in [2.24, 2.45) is 5.16 Å². The minimum atomic E-state index is 0.392. The van der Waals surface area contributed by atoms with Crippen LogP contribution in [0.5, 0.6) is 11.6 Å². The number of furan rings is 1. The first-order valence-electron chi connectivity index (χ1n) is 8.77. The molecule has 3 heterocycles. The Morgan fingerprint density at radius 2 is 1.96 bits per heavy atom. The van der Waals surface area contributed by atoms with Crippen LogP contribution in [0.4, 0.5) is 0 Å². The number of amidine groups is 1. The van der Waals surface area contributed by atoms with Crippen LogP contribution < -0.4 is 4.74 Å². The van der Waals surface area contributed by atoms with Crippen LogP contribution in [0.3, 0.4) is 0 Å². The van der Waals surface area contributed by atoms with Crippen molar-refractivity contribution >= 4 is 27.8 Å². The van der Waals surface area contributed by atoms with Crippen molar-refractivity contribution < 1.29 is 14.4 Å². The van der Waals surface area contributed by atoms with Crippen LogP contribution in [-0.2, 0) is 0 Å². The number of fused-ring (bicyclic) bond motifs is 3. The molecule has 1 aliphatic rings. The van der Waals surface area contributed by atoms with Crippen LogP contribution in [0, 0.1) is 0 Å². The first-order valence-corrected chi connectivity index (χ1v) is 8.77. The summed E-state index contributed by atoms with van der Waals surface area (Å²) in [7, 11) is 0. The highest BCUT2D eigenvalue weighted by atomic mass is 16.5. The maximum atomic E-state index is 9.26. The number of para-hydroxylation sites is 1. The molecule has 1 N–H and O–H groups in total. The largest absolute Gasteiger partial charge is 0.456 e. The first kappa shape index (κ1) is 15.7. The van der Waals surface area contributed by atoms with Gasteiger partial charge in [0.25, 0.3) is 0 Å². The predicted octanol–water partition coefficient (Wildman–Crippen LogP) is 4.61. The molecular weight excluding hydrogens is 342 g/mol. The number of ether oxygens (including phenoxy) is 1. The molecule has 5 rings (SSSR count). The van der Waals surface area contributed by atoms with Crippen LogP contribution in [0.2, 0.25) is 0 Å². The normalized spacial score (nSPS) is 16.9. The number of nitrogens with zero attached hydrogens (tertiary/aromatic N) is 3. The Balaban J connectivity index is 1.42. The molecule has 27 heavy (non-hydrogen) atoms. The lowest BCUT2D eigenvalue weighted by Crippen LogP contribution is -2.14. The average molecular weight is 359 g/mol. The maximum absolute atomic E-state index is 9.26. The van der Waals surface area contributed by atoms with Gasteiger partial charge in [0.1, 0.15) is 16.9 Å². The second-order valence-corrected chi connectivity index (χ2v) is 6.67. The van der Waals surface area contributed by atoms with Crippen molar-refractivity contribution in [1.29, 1.82) is 0 Å². The molecule has 4 aromatic rings. The van der Waals surface area contributed by atoms with Gasteiger partial charge in [-0.1, -0.05) is 23.4 Å². The maximum Gasteiger partial charge on any atom is 0.219 e. The van der Waals surface area contributed by atoms with Crippen LogP contribution in [-0.4, -0.2) is 33.5 Å². The van der Waals surface area contributed by atoms with E-state index in [1.807, 2.05) is 53.4 Å². The van der Waals surface area contributed by atoms with Crippen molar-refractivity contribution in [3.63, 3.8) is 0 Å². The number of aromatic nitrogens is 1. The standard InChI is InChI=1S/C21H17N3O3/c1-13-12-24(13)21(23-25)14-6-9-20(22-11-14)26-15-7-8-19-17(10-15)16-4-2-3-5-18(16)27-19/h2-11,13,25H,12H2,1H3/b23-21-. The number of hydrogen-bond donors (Lipinski definition) is 1. The van der Waals surface area contributed by atoms with Crippen molar-refractivity contribution in [3.8, 4) is 11.6 Å². The second-order valence-electron chi connectivity index (χ2n) is 6.67. The third-order valence-electron chi connectivity index (χ3n) is 4.79. The Hall–Kier alpha value is -3.54. The summed E-state index contributed by atoms with van der Waals surface area (Å²) in [5, 5.41) is 14.7. The van der Waals surface area contributed by atoms with Gasteiger partial charge in [-0.25, -0.2) is 4.98 Å². The molecule has 0 amide bonds. The molecule has 2 aromatic heterocycles. The molecule has 1 fully saturated rings. The van der Waals surface area contributed by atoms with E-state index in [4.69, 9.17) is 9.15 Å². The summed E-state index contributed by atoms with van der Waals surface area (Å²) in [6.07, 6.45) is 1.65. The van der Waals surface area contributed by atoms with Crippen molar-refractivity contribution in [1.82, 2.24) is 9.88 Å². The predicted molar refractivity (Wildman–Crippen MR) is 103 cm³/mol. The Morgan fingerprint density at radius 1 is 1.15 bits per heavy atom. The van der Waals surface area contributed by atoms with Gasteiger partial charge in [-0.3, -0.25) is 0 Å². The van der Waals surface area contributed by atoms with E-state index in [0.29, 0.717) is 23.5 Å². The fourth-order valence-corrected chi connectivity index (χ4v) is 3.28. The van der Waals surface area contributed by atoms with Gasteiger partial charge in [0.2, 0.25) is 5.88 Å². The van der Waals surface area contributed by atoms with E-state index in [9.17, 15) is 5.21 Å². The molecule has 6 heteroatoms. The molecule has 1 atom stereocenters. The molecule has 0 radical (unpaired) electrons. The molecule has 1 saturated heterocycles. The number of oxime groups is 1. The van der Waals surface area contributed by atoms with Gasteiger partial charge in [0.15, 0.2) is 5.84 Å². The Kier molecular flexibility index (Phi) is 3.50. The number of pyridine rings is 1. The van der Waals surface area contributed by atoms with Gasteiger partial charge in [-0.05, 0) is 37.3 Å². The molecule has 0 saturated carbocycles. The summed E-state index contributed by atoms with van der Waals surface area (Å²) in [5.74, 6) is 1.69. The lowest BCUT2D eigenvalue weighted by Gasteiger charge is -2.08. The van der Waals surface area contributed by atoms with Crippen molar-refractivity contribution in [2.45, 2.75) is 13.0 Å². The summed E-state index contributed by atoms with van der Waals surface area (Å²) >= 11 is 0. The first-order chi connectivity index (χ1) is 13.2. The minimum absolute atomic E-state index is 0.392. The monoisotopic (exact) mass is 359 g/mol. The lowest BCUT2D eigenvalue weighted by molar-refractivity contribution is 0.313. The summed E-state index contributed by atoms with van der Waals surface area (Å²) in [5.41, 5.74) is 2.43. The SMILES string of the molecule is CC1CN1/C(=N\O)c1ccc(Oc2ccc3oc4ccccc4c3c2)nc1. The van der Waals surface area contributed by atoms with Crippen LogP contribution in [0.15, 0.2) is 70.4 Å². The summed E-state index contributed by atoms with van der Waals surface area (Å²) in [4.78, 5) is 6.34. The molecule has 1 unspecified atom stereocenters. The van der Waals surface area contributed by atoms with E-state index in [-0.39, 0.29) is 0 Å². The van der Waals surface area contributed by atoms with E-state index < -0.39 is 0 Å². The Labute approximate surface area is 155 Å². The van der Waals surface area contributed by atoms with Crippen molar-refractivity contribution in [2.75, 3.05) is 6.54 Å². The van der Waals surface area contributed by atoms with Gasteiger partial charge in [-0.2, -0.15) is 0 Å². The zero-order valence-corrected chi connectivity index (χ0v) is 14.7. The third kappa shape index (κ3) is 2.75. The highest BCUT2D eigenvalue weighted by molar-refractivity contribution is 6.05. The molecule has 0 spiro atoms. The minimum Gasteiger partial charge on any atom is -0.456 e. The summed E-state index contributed by atoms with van der Waals surface area (Å²) in [6.45, 7) is 2.96. The lowest BCUT2D eigenvalue weighted by atomic mass is 10.1. The topological polar surface area (TPSA) is 70.9 Å². The smallest absolute Gasteiger partial charge is 0.219 e. The van der Waals surface area contributed by atoms with Crippen LogP contribution in [0.1, 0.15) is 12.5 Å². The van der Waals surface area contributed by atoms with E-state index >= 15 is 0 Å². The zero-order chi connectivity index (χ0) is 18.4. The molecule has 134 valence electrons. The van der Waals surface area contributed by atoms with E-state index in [2.05, 4.69) is 17.1 Å². The van der Waals surface area contributed by atoms with E-state index in [1.54, 1.807) is 12.3 Å². The van der Waals surface area contributed by atoms with Gasteiger partial charge in [0.05, 0.1) is 0 Å². The highest BCUT2D eigenvalue weighted by Gasteiger charge is 2.33. The zero-order valence-electron chi connectivity index (χ0n) is 14.7. The molecule has 1 aliphatic heterocycles. The molecule has 0 bridgehead atoms. The fourth-order valence-electron chi connectivity index (χ4n) is 3.28. The van der Waals surface area contributed by atoms with E-state index in [0.717, 1.165) is 34.0 Å². The fraction of sp³-hybridized carbons (Fsp3) is 0.143. The van der Waals surface area contributed by atoms with E-state index in [1.165, 1.54) is 0 Å². The number of rotatable bonds is 3.